The average Bonchev–Trinajstić information content (AvgIpc) is 3.25. The van der Waals surface area contributed by atoms with Gasteiger partial charge in [-0.3, -0.25) is 14.2 Å². The van der Waals surface area contributed by atoms with Crippen LogP contribution < -0.4 is 4.74 Å². The molecular formula is C31H38F3N3O. The van der Waals surface area contributed by atoms with Crippen molar-refractivity contribution in [3.63, 3.8) is 0 Å². The highest BCUT2D eigenvalue weighted by atomic mass is 19.1. The fourth-order valence-electron chi connectivity index (χ4n) is 6.93. The van der Waals surface area contributed by atoms with E-state index < -0.39 is 17.7 Å². The molecule has 3 aliphatic rings. The number of likely N-dealkylation sites (tertiary alicyclic amines) is 1. The van der Waals surface area contributed by atoms with Gasteiger partial charge in [-0.15, -0.1) is 0 Å². The van der Waals surface area contributed by atoms with Gasteiger partial charge in [0.25, 0.3) is 0 Å². The standard InChI is InChI=1S/C31H38F3N3O/c1-20-13-25-24-9-5-6-10-28(24)35-30(25)31(37(20)19-21-7-3-2-4-8-21)29-26(33)14-23(15-27(29)34)38-12-11-36-17-22(16-32)18-36/h5-6,9-10,14-15,20-22,31,35H,2-4,7-8,11-13,16-19H2,1H3/t20-,31-/m1/s1. The molecule has 0 radical (unpaired) electrons. The van der Waals surface area contributed by atoms with E-state index in [1.54, 1.807) is 0 Å². The Kier molecular flexibility index (Phi) is 7.41. The highest BCUT2D eigenvalue weighted by Gasteiger charge is 2.39. The lowest BCUT2D eigenvalue weighted by Gasteiger charge is -2.43. The van der Waals surface area contributed by atoms with Crippen LogP contribution in [0.25, 0.3) is 10.9 Å². The van der Waals surface area contributed by atoms with E-state index >= 15 is 8.78 Å². The Labute approximate surface area is 223 Å². The van der Waals surface area contributed by atoms with Crippen molar-refractivity contribution >= 4 is 10.9 Å². The van der Waals surface area contributed by atoms with Gasteiger partial charge in [0.15, 0.2) is 0 Å². The number of alkyl halides is 1. The van der Waals surface area contributed by atoms with Gasteiger partial charge in [0, 0.05) is 72.4 Å². The van der Waals surface area contributed by atoms with Crippen molar-refractivity contribution in [2.75, 3.05) is 39.5 Å². The maximum atomic E-state index is 15.9. The first kappa shape index (κ1) is 25.8. The van der Waals surface area contributed by atoms with E-state index in [-0.39, 0.29) is 29.9 Å². The van der Waals surface area contributed by atoms with Crippen LogP contribution in [0.4, 0.5) is 13.2 Å². The van der Waals surface area contributed by atoms with E-state index in [1.807, 2.05) is 18.2 Å². The van der Waals surface area contributed by atoms with Crippen LogP contribution in [-0.2, 0) is 6.42 Å². The molecule has 2 aromatic carbocycles. The van der Waals surface area contributed by atoms with Crippen LogP contribution in [0.5, 0.6) is 5.75 Å². The number of hydrogen-bond donors (Lipinski definition) is 1. The van der Waals surface area contributed by atoms with Crippen molar-refractivity contribution in [3.05, 3.63) is 64.9 Å². The van der Waals surface area contributed by atoms with E-state index in [9.17, 15) is 4.39 Å². The molecule has 7 heteroatoms. The van der Waals surface area contributed by atoms with Gasteiger partial charge in [0.2, 0.25) is 0 Å². The SMILES string of the molecule is C[C@@H]1Cc2c([nH]c3ccccc23)[C@@H](c2c(F)cc(OCCN3CC(CF)C3)cc2F)N1CC1CCCCC1. The number of hydrogen-bond acceptors (Lipinski definition) is 3. The molecule has 4 nitrogen and oxygen atoms in total. The predicted octanol–water partition coefficient (Wildman–Crippen LogP) is 6.64. The van der Waals surface area contributed by atoms with Crippen LogP contribution in [0, 0.1) is 23.5 Å². The van der Waals surface area contributed by atoms with Crippen LogP contribution in [0.2, 0.25) is 0 Å². The molecular weight excluding hydrogens is 487 g/mol. The number of nitrogens with zero attached hydrogens (tertiary/aromatic N) is 2. The number of aromatic amines is 1. The zero-order valence-electron chi connectivity index (χ0n) is 22.2. The molecule has 0 bridgehead atoms. The first-order valence-electron chi connectivity index (χ1n) is 14.3. The van der Waals surface area contributed by atoms with E-state index in [0.717, 1.165) is 29.6 Å². The second-order valence-corrected chi connectivity index (χ2v) is 11.6. The molecule has 2 fully saturated rings. The number of halogens is 3. The van der Waals surface area contributed by atoms with Crippen molar-refractivity contribution in [3.8, 4) is 5.75 Å². The zero-order valence-corrected chi connectivity index (χ0v) is 22.2. The summed E-state index contributed by atoms with van der Waals surface area (Å²) >= 11 is 0. The number of H-pyrrole nitrogens is 1. The number of aromatic nitrogens is 1. The van der Waals surface area contributed by atoms with Crippen LogP contribution in [0.15, 0.2) is 36.4 Å². The maximum Gasteiger partial charge on any atom is 0.135 e. The number of fused-ring (bicyclic) bond motifs is 3. The Hall–Kier alpha value is -2.51. The molecule has 1 saturated carbocycles. The lowest BCUT2D eigenvalue weighted by molar-refractivity contribution is 0.0667. The van der Waals surface area contributed by atoms with Crippen LogP contribution in [0.3, 0.4) is 0 Å². The van der Waals surface area contributed by atoms with Gasteiger partial charge in [-0.2, -0.15) is 0 Å². The summed E-state index contributed by atoms with van der Waals surface area (Å²) in [5, 5.41) is 1.14. The summed E-state index contributed by atoms with van der Waals surface area (Å²) in [5.74, 6) is -0.288. The molecule has 3 aromatic rings. The third-order valence-electron chi connectivity index (χ3n) is 8.96. The maximum absolute atomic E-state index is 15.9. The minimum Gasteiger partial charge on any atom is -0.492 e. The van der Waals surface area contributed by atoms with Gasteiger partial charge in [0.05, 0.1) is 12.7 Å². The van der Waals surface area contributed by atoms with Gasteiger partial charge >= 0.3 is 0 Å². The second kappa shape index (κ2) is 10.9. The van der Waals surface area contributed by atoms with E-state index in [2.05, 4.69) is 27.8 Å². The first-order chi connectivity index (χ1) is 18.5. The molecule has 1 aliphatic carbocycles. The van der Waals surface area contributed by atoms with E-state index in [0.29, 0.717) is 32.2 Å². The van der Waals surface area contributed by atoms with Gasteiger partial charge in [0.1, 0.15) is 24.0 Å². The topological polar surface area (TPSA) is 31.5 Å². The fraction of sp³-hybridized carbons (Fsp3) is 0.548. The minimum atomic E-state index is -0.571. The molecule has 38 heavy (non-hydrogen) atoms. The third-order valence-corrected chi connectivity index (χ3v) is 8.96. The molecule has 2 atom stereocenters. The van der Waals surface area contributed by atoms with Crippen molar-refractivity contribution in [1.29, 1.82) is 0 Å². The summed E-state index contributed by atoms with van der Waals surface area (Å²) in [6, 6.07) is 10.5. The number of nitrogens with one attached hydrogen (secondary N) is 1. The summed E-state index contributed by atoms with van der Waals surface area (Å²) in [6.45, 7) is 5.10. The molecule has 0 unspecified atom stereocenters. The Morgan fingerprint density at radius 3 is 2.47 bits per heavy atom. The monoisotopic (exact) mass is 525 g/mol. The Balaban J connectivity index is 1.30. The Morgan fingerprint density at radius 1 is 1.00 bits per heavy atom. The summed E-state index contributed by atoms with van der Waals surface area (Å²) in [5.41, 5.74) is 3.18. The van der Waals surface area contributed by atoms with E-state index in [4.69, 9.17) is 4.74 Å². The molecule has 1 saturated heterocycles. The van der Waals surface area contributed by atoms with Crippen LogP contribution in [0.1, 0.15) is 61.9 Å². The lowest BCUT2D eigenvalue weighted by Crippen LogP contribution is -2.49. The first-order valence-corrected chi connectivity index (χ1v) is 14.3. The summed E-state index contributed by atoms with van der Waals surface area (Å²) in [7, 11) is 0. The van der Waals surface area contributed by atoms with Gasteiger partial charge in [-0.05, 0) is 43.7 Å². The summed E-state index contributed by atoms with van der Waals surface area (Å²) in [6.07, 6.45) is 6.95. The number of benzene rings is 2. The largest absolute Gasteiger partial charge is 0.492 e. The molecule has 0 spiro atoms. The van der Waals surface area contributed by atoms with Crippen molar-refractivity contribution in [2.24, 2.45) is 11.8 Å². The highest BCUT2D eigenvalue weighted by Crippen LogP contribution is 2.44. The van der Waals surface area contributed by atoms with E-state index in [1.165, 1.54) is 49.8 Å². The molecule has 0 amide bonds. The van der Waals surface area contributed by atoms with Gasteiger partial charge in [-0.25, -0.2) is 8.78 Å². The Bertz CT molecular complexity index is 1240. The average molecular weight is 526 g/mol. The second-order valence-electron chi connectivity index (χ2n) is 11.6. The molecule has 1 aromatic heterocycles. The number of para-hydroxylation sites is 1. The fourth-order valence-corrected chi connectivity index (χ4v) is 6.93. The van der Waals surface area contributed by atoms with Crippen LogP contribution >= 0.6 is 0 Å². The molecule has 1 N–H and O–H groups in total. The molecule has 3 heterocycles. The lowest BCUT2D eigenvalue weighted by atomic mass is 9.84. The molecule has 204 valence electrons. The van der Waals surface area contributed by atoms with Gasteiger partial charge in [-0.1, -0.05) is 37.5 Å². The Morgan fingerprint density at radius 2 is 1.74 bits per heavy atom. The minimum absolute atomic E-state index is 0.0982. The quantitative estimate of drug-likeness (QED) is 0.358. The normalized spacial score (nSPS) is 23.5. The smallest absolute Gasteiger partial charge is 0.135 e. The summed E-state index contributed by atoms with van der Waals surface area (Å²) < 4.78 is 50.1. The molecule has 2 aliphatic heterocycles. The highest BCUT2D eigenvalue weighted by molar-refractivity contribution is 5.85. The molecule has 6 rings (SSSR count). The van der Waals surface area contributed by atoms with Gasteiger partial charge < -0.3 is 9.72 Å². The number of ether oxygens (including phenoxy) is 1. The van der Waals surface area contributed by atoms with Crippen molar-refractivity contribution in [1.82, 2.24) is 14.8 Å². The zero-order chi connectivity index (χ0) is 26.2. The third kappa shape index (κ3) is 4.95. The van der Waals surface area contributed by atoms with Crippen LogP contribution in [-0.4, -0.2) is 60.3 Å². The number of rotatable bonds is 8. The predicted molar refractivity (Wildman–Crippen MR) is 144 cm³/mol. The summed E-state index contributed by atoms with van der Waals surface area (Å²) in [4.78, 5) is 7.98. The van der Waals surface area contributed by atoms with Crippen molar-refractivity contribution < 1.29 is 17.9 Å². The van der Waals surface area contributed by atoms with Crippen molar-refractivity contribution in [2.45, 2.75) is 57.5 Å².